The second-order valence-corrected chi connectivity index (χ2v) is 9.43. The van der Waals surface area contributed by atoms with Crippen LogP contribution in [0.25, 0.3) is 0 Å². The molecule has 1 heterocycles. The molecule has 0 fully saturated rings. The van der Waals surface area contributed by atoms with E-state index >= 15 is 0 Å². The van der Waals surface area contributed by atoms with E-state index in [4.69, 9.17) is 21.1 Å². The van der Waals surface area contributed by atoms with Gasteiger partial charge in [0.1, 0.15) is 0 Å². The Labute approximate surface area is 189 Å². The first kappa shape index (κ1) is 25.4. The van der Waals surface area contributed by atoms with Crippen LogP contribution in [-0.4, -0.2) is 75.2 Å². The fraction of sp³-hybridized carbons (Fsp3) is 0.476. The van der Waals surface area contributed by atoms with E-state index < -0.39 is 10.0 Å². The fourth-order valence-electron chi connectivity index (χ4n) is 3.03. The molecule has 1 aromatic carbocycles. The van der Waals surface area contributed by atoms with Crippen LogP contribution in [0.2, 0.25) is 5.02 Å². The molecule has 0 saturated heterocycles. The number of rotatable bonds is 13. The number of sulfonamides is 1. The summed E-state index contributed by atoms with van der Waals surface area (Å²) in [4.78, 5) is 14.9. The molecule has 0 saturated carbocycles. The van der Waals surface area contributed by atoms with Crippen LogP contribution in [0.5, 0.6) is 0 Å². The second-order valence-electron chi connectivity index (χ2n) is 7.06. The van der Waals surface area contributed by atoms with Gasteiger partial charge in [-0.1, -0.05) is 11.6 Å². The van der Waals surface area contributed by atoms with E-state index in [0.29, 0.717) is 37.7 Å². The number of hydrogen-bond acceptors (Lipinski definition) is 5. The number of carbonyl (C=O) groups excluding carboxylic acids is 1. The van der Waals surface area contributed by atoms with E-state index in [1.54, 1.807) is 19.1 Å². The molecule has 1 aromatic heterocycles. The third kappa shape index (κ3) is 7.33. The number of aromatic nitrogens is 1. The molecule has 31 heavy (non-hydrogen) atoms. The topological polar surface area (TPSA) is 81.1 Å². The molecule has 0 atom stereocenters. The van der Waals surface area contributed by atoms with Crippen molar-refractivity contribution in [1.29, 1.82) is 0 Å². The smallest absolute Gasteiger partial charge is 0.243 e. The minimum absolute atomic E-state index is 0.0907. The lowest BCUT2D eigenvalue weighted by atomic mass is 10.3. The minimum atomic E-state index is -3.88. The maximum Gasteiger partial charge on any atom is 0.243 e. The zero-order chi connectivity index (χ0) is 22.9. The molecule has 2 aromatic rings. The van der Waals surface area contributed by atoms with Crippen LogP contribution in [0.3, 0.4) is 0 Å². The molecule has 0 N–H and O–H groups in total. The van der Waals surface area contributed by atoms with Gasteiger partial charge < -0.3 is 18.9 Å². The highest BCUT2D eigenvalue weighted by Gasteiger charge is 2.28. The van der Waals surface area contributed by atoms with Gasteiger partial charge >= 0.3 is 0 Å². The Morgan fingerprint density at radius 1 is 1.06 bits per heavy atom. The normalized spacial score (nSPS) is 11.8. The molecule has 0 spiro atoms. The Hall–Kier alpha value is -1.91. The molecule has 0 unspecified atom stereocenters. The third-order valence-electron chi connectivity index (χ3n) is 4.84. The summed E-state index contributed by atoms with van der Waals surface area (Å²) in [7, 11) is 1.13. The summed E-state index contributed by atoms with van der Waals surface area (Å²) in [6.45, 7) is 1.34. The van der Waals surface area contributed by atoms with Crippen LogP contribution in [0.15, 0.2) is 47.5 Å². The molecular formula is C21H30ClN3O5S. The Bertz CT molecular complexity index is 931. The summed E-state index contributed by atoms with van der Waals surface area (Å²) in [5.74, 6) is -0.298. The first-order valence-corrected chi connectivity index (χ1v) is 11.7. The summed E-state index contributed by atoms with van der Waals surface area (Å²) in [5.41, 5.74) is 0.941. The third-order valence-corrected chi connectivity index (χ3v) is 6.95. The average Bonchev–Trinajstić information content (AvgIpc) is 3.15. The summed E-state index contributed by atoms with van der Waals surface area (Å²) >= 11 is 5.90. The molecule has 2 rings (SSSR count). The Morgan fingerprint density at radius 3 is 2.32 bits per heavy atom. The van der Waals surface area contributed by atoms with E-state index in [1.807, 2.05) is 29.9 Å². The van der Waals surface area contributed by atoms with Gasteiger partial charge in [0.25, 0.3) is 0 Å². The van der Waals surface area contributed by atoms with Crippen molar-refractivity contribution in [3.63, 3.8) is 0 Å². The maximum absolute atomic E-state index is 13.2. The Kier molecular flexibility index (Phi) is 9.98. The van der Waals surface area contributed by atoms with Gasteiger partial charge in [0.05, 0.1) is 24.6 Å². The predicted molar refractivity (Wildman–Crippen MR) is 119 cm³/mol. The average molecular weight is 472 g/mol. The number of amides is 1. The number of nitrogens with zero attached hydrogens (tertiary/aromatic N) is 3. The minimum Gasteiger partial charge on any atom is -0.385 e. The molecule has 0 aliphatic rings. The zero-order valence-electron chi connectivity index (χ0n) is 18.2. The Balaban J connectivity index is 2.24. The van der Waals surface area contributed by atoms with E-state index in [2.05, 4.69) is 0 Å². The number of benzene rings is 1. The van der Waals surface area contributed by atoms with E-state index in [0.717, 1.165) is 5.69 Å². The molecule has 8 nitrogen and oxygen atoms in total. The van der Waals surface area contributed by atoms with Gasteiger partial charge in [-0.3, -0.25) is 4.79 Å². The zero-order valence-corrected chi connectivity index (χ0v) is 19.7. The molecule has 0 aliphatic heterocycles. The second kappa shape index (κ2) is 12.2. The summed E-state index contributed by atoms with van der Waals surface area (Å²) in [6.07, 6.45) is 2.36. The first-order valence-electron chi connectivity index (χ1n) is 9.91. The number of methoxy groups -OCH3 is 2. The lowest BCUT2D eigenvalue weighted by Crippen LogP contribution is -2.44. The highest BCUT2D eigenvalue weighted by atomic mass is 35.5. The van der Waals surface area contributed by atoms with Gasteiger partial charge in [0.15, 0.2) is 0 Å². The van der Waals surface area contributed by atoms with Gasteiger partial charge in [-0.2, -0.15) is 4.31 Å². The number of ether oxygens (including phenoxy) is 2. The quantitative estimate of drug-likeness (QED) is 0.419. The maximum atomic E-state index is 13.2. The molecule has 172 valence electrons. The number of aryl methyl sites for hydroxylation is 1. The van der Waals surface area contributed by atoms with E-state index in [-0.39, 0.29) is 23.9 Å². The standard InChI is InChI=1S/C21H30ClN3O5S/c1-23-11-4-6-19(23)16-24(13-15-30-3)21(26)17-25(12-5-14-29-2)31(27,28)20-9-7-18(22)8-10-20/h4,6-11H,5,12-17H2,1-3H3. The van der Waals surface area contributed by atoms with Gasteiger partial charge in [-0.15, -0.1) is 0 Å². The highest BCUT2D eigenvalue weighted by Crippen LogP contribution is 2.19. The van der Waals surface area contributed by atoms with Crippen LogP contribution in [0.4, 0.5) is 0 Å². The van der Waals surface area contributed by atoms with Crippen LogP contribution in [-0.2, 0) is 37.9 Å². The molecule has 0 bridgehead atoms. The lowest BCUT2D eigenvalue weighted by Gasteiger charge is -2.27. The van der Waals surface area contributed by atoms with E-state index in [1.165, 1.54) is 28.6 Å². The monoisotopic (exact) mass is 471 g/mol. The number of carbonyl (C=O) groups is 1. The molecule has 0 radical (unpaired) electrons. The predicted octanol–water partition coefficient (Wildman–Crippen LogP) is 2.38. The number of hydrogen-bond donors (Lipinski definition) is 0. The van der Waals surface area contributed by atoms with Crippen LogP contribution < -0.4 is 0 Å². The van der Waals surface area contributed by atoms with Crippen LogP contribution >= 0.6 is 11.6 Å². The van der Waals surface area contributed by atoms with Crippen molar-refractivity contribution in [3.8, 4) is 0 Å². The van der Waals surface area contributed by atoms with Gasteiger partial charge in [0, 0.05) is 57.9 Å². The number of halogens is 1. The molecular weight excluding hydrogens is 442 g/mol. The lowest BCUT2D eigenvalue weighted by molar-refractivity contribution is -0.132. The van der Waals surface area contributed by atoms with Crippen molar-refractivity contribution >= 4 is 27.5 Å². The van der Waals surface area contributed by atoms with Gasteiger partial charge in [-0.05, 0) is 42.8 Å². The SMILES string of the molecule is COCCCN(CC(=O)N(CCOC)Cc1cccn1C)S(=O)(=O)c1ccc(Cl)cc1. The van der Waals surface area contributed by atoms with Crippen LogP contribution in [0, 0.1) is 0 Å². The Morgan fingerprint density at radius 2 is 1.74 bits per heavy atom. The molecule has 1 amide bonds. The van der Waals surface area contributed by atoms with Crippen molar-refractivity contribution in [3.05, 3.63) is 53.3 Å². The van der Waals surface area contributed by atoms with Crippen molar-refractivity contribution in [1.82, 2.24) is 13.8 Å². The van der Waals surface area contributed by atoms with Crippen molar-refractivity contribution in [2.45, 2.75) is 17.9 Å². The summed E-state index contributed by atoms with van der Waals surface area (Å²) in [5, 5.41) is 0.439. The summed E-state index contributed by atoms with van der Waals surface area (Å²) in [6, 6.07) is 9.74. The van der Waals surface area contributed by atoms with Crippen molar-refractivity contribution < 1.29 is 22.7 Å². The largest absolute Gasteiger partial charge is 0.385 e. The fourth-order valence-corrected chi connectivity index (χ4v) is 4.58. The van der Waals surface area contributed by atoms with Gasteiger partial charge in [0.2, 0.25) is 15.9 Å². The highest BCUT2D eigenvalue weighted by molar-refractivity contribution is 7.89. The van der Waals surface area contributed by atoms with Gasteiger partial charge in [-0.25, -0.2) is 8.42 Å². The van der Waals surface area contributed by atoms with Crippen molar-refractivity contribution in [2.24, 2.45) is 7.05 Å². The molecule has 0 aliphatic carbocycles. The first-order chi connectivity index (χ1) is 14.8. The molecule has 10 heteroatoms. The van der Waals surface area contributed by atoms with Crippen molar-refractivity contribution in [2.75, 3.05) is 47.1 Å². The van der Waals surface area contributed by atoms with Crippen LogP contribution in [0.1, 0.15) is 12.1 Å². The summed E-state index contributed by atoms with van der Waals surface area (Å²) < 4.78 is 39.8. The van der Waals surface area contributed by atoms with E-state index in [9.17, 15) is 13.2 Å².